The molecule has 2 fully saturated rings. The van der Waals surface area contributed by atoms with Crippen molar-refractivity contribution in [3.8, 4) is 0 Å². The second kappa shape index (κ2) is 4.09. The van der Waals surface area contributed by atoms with Gasteiger partial charge in [-0.2, -0.15) is 0 Å². The van der Waals surface area contributed by atoms with Gasteiger partial charge < -0.3 is 9.84 Å². The number of carbonyl (C=O) groups is 1. The Hall–Kier alpha value is -0.830. The van der Waals surface area contributed by atoms with Crippen LogP contribution in [0.2, 0.25) is 0 Å². The molecule has 18 heavy (non-hydrogen) atoms. The summed E-state index contributed by atoms with van der Waals surface area (Å²) in [7, 11) is 0. The number of hydrogen-bond donors (Lipinski definition) is 1. The summed E-state index contributed by atoms with van der Waals surface area (Å²) in [5, 5.41) is 9.33. The maximum absolute atomic E-state index is 11.8. The average Bonchev–Trinajstić information content (AvgIpc) is 2.91. The highest BCUT2D eigenvalue weighted by Crippen LogP contribution is 2.57. The zero-order chi connectivity index (χ0) is 12.9. The van der Waals surface area contributed by atoms with E-state index in [0.717, 1.165) is 31.3 Å². The van der Waals surface area contributed by atoms with Gasteiger partial charge in [0.25, 0.3) is 0 Å². The normalized spacial score (nSPS) is 47.1. The lowest BCUT2D eigenvalue weighted by Crippen LogP contribution is -2.45. The predicted molar refractivity (Wildman–Crippen MR) is 67.8 cm³/mol. The second-order valence-corrected chi connectivity index (χ2v) is 6.36. The van der Waals surface area contributed by atoms with Crippen molar-refractivity contribution < 1.29 is 14.6 Å². The summed E-state index contributed by atoms with van der Waals surface area (Å²) in [6.45, 7) is 4.42. The molecule has 1 N–H and O–H groups in total. The number of ether oxygens (including phenoxy) is 1. The summed E-state index contributed by atoms with van der Waals surface area (Å²) in [6, 6.07) is 0. The van der Waals surface area contributed by atoms with Gasteiger partial charge >= 0.3 is 5.97 Å². The summed E-state index contributed by atoms with van der Waals surface area (Å²) in [5.41, 5.74) is 1.12. The van der Waals surface area contributed by atoms with Gasteiger partial charge in [-0.3, -0.25) is 4.79 Å². The number of rotatable bonds is 1. The molecule has 0 aromatic heterocycles. The molecule has 1 saturated heterocycles. The molecule has 1 heterocycles. The highest BCUT2D eigenvalue weighted by Gasteiger charge is 2.57. The number of hydrogen-bond acceptors (Lipinski definition) is 3. The molecule has 3 nitrogen and oxygen atoms in total. The van der Waals surface area contributed by atoms with Crippen LogP contribution in [-0.4, -0.2) is 23.8 Å². The van der Waals surface area contributed by atoms with Crippen LogP contribution in [0.3, 0.4) is 0 Å². The van der Waals surface area contributed by atoms with Crippen molar-refractivity contribution in [1.29, 1.82) is 0 Å². The van der Waals surface area contributed by atoms with Crippen molar-refractivity contribution in [3.05, 3.63) is 11.6 Å². The van der Waals surface area contributed by atoms with Crippen LogP contribution >= 0.6 is 0 Å². The van der Waals surface area contributed by atoms with E-state index in [1.165, 1.54) is 0 Å². The molecule has 3 aliphatic rings. The Balaban J connectivity index is 1.97. The predicted octanol–water partition coefficient (Wildman–Crippen LogP) is 2.29. The first-order valence-corrected chi connectivity index (χ1v) is 7.10. The number of esters is 1. The molecule has 0 aromatic carbocycles. The largest absolute Gasteiger partial charge is 0.461 e. The van der Waals surface area contributed by atoms with Gasteiger partial charge in [0.2, 0.25) is 0 Å². The van der Waals surface area contributed by atoms with Crippen LogP contribution in [0.15, 0.2) is 11.6 Å². The molecule has 0 aromatic rings. The Morgan fingerprint density at radius 3 is 2.89 bits per heavy atom. The third-order valence-electron chi connectivity index (χ3n) is 5.58. The molecule has 0 unspecified atom stereocenters. The fraction of sp³-hybridized carbons (Fsp3) is 0.800. The first-order chi connectivity index (χ1) is 8.58. The smallest absolute Gasteiger partial charge is 0.309 e. The first-order valence-electron chi connectivity index (χ1n) is 7.10. The van der Waals surface area contributed by atoms with Crippen LogP contribution in [0.1, 0.15) is 39.5 Å². The molecule has 0 amide bonds. The molecule has 2 aliphatic carbocycles. The molecule has 1 spiro atoms. The highest BCUT2D eigenvalue weighted by molar-refractivity contribution is 5.75. The monoisotopic (exact) mass is 250 g/mol. The lowest BCUT2D eigenvalue weighted by molar-refractivity contribution is -0.149. The minimum Gasteiger partial charge on any atom is -0.461 e. The summed E-state index contributed by atoms with van der Waals surface area (Å²) in [4.78, 5) is 11.8. The zero-order valence-electron chi connectivity index (χ0n) is 11.2. The van der Waals surface area contributed by atoms with Gasteiger partial charge in [0.1, 0.15) is 6.10 Å². The van der Waals surface area contributed by atoms with Crippen LogP contribution in [0, 0.1) is 23.2 Å². The van der Waals surface area contributed by atoms with Crippen molar-refractivity contribution in [2.75, 3.05) is 6.61 Å². The number of carbonyl (C=O) groups excluding carboxylic acids is 1. The minimum atomic E-state index is -0.0238. The summed E-state index contributed by atoms with van der Waals surface area (Å²) >= 11 is 0. The van der Waals surface area contributed by atoms with Crippen molar-refractivity contribution >= 4 is 5.97 Å². The summed E-state index contributed by atoms with van der Waals surface area (Å²) in [6.07, 6.45) is 6.54. The second-order valence-electron chi connectivity index (χ2n) is 6.36. The fourth-order valence-corrected chi connectivity index (χ4v) is 4.30. The van der Waals surface area contributed by atoms with E-state index in [1.54, 1.807) is 0 Å². The van der Waals surface area contributed by atoms with Crippen LogP contribution in [0.25, 0.3) is 0 Å². The van der Waals surface area contributed by atoms with Crippen LogP contribution in [0.5, 0.6) is 0 Å². The van der Waals surface area contributed by atoms with Gasteiger partial charge in [0.05, 0.1) is 12.5 Å². The fourth-order valence-electron chi connectivity index (χ4n) is 4.30. The minimum absolute atomic E-state index is 0.00139. The van der Waals surface area contributed by atoms with Crippen molar-refractivity contribution in [1.82, 2.24) is 0 Å². The lowest BCUT2D eigenvalue weighted by atomic mass is 9.60. The molecular weight excluding hydrogens is 228 g/mol. The number of fused-ring (bicyclic) bond motifs is 2. The van der Waals surface area contributed by atoms with E-state index in [1.807, 2.05) is 6.92 Å². The molecule has 3 heteroatoms. The van der Waals surface area contributed by atoms with E-state index in [-0.39, 0.29) is 30.0 Å². The zero-order valence-corrected chi connectivity index (χ0v) is 11.2. The SMILES string of the molecule is C[C@@H]1C(=O)O[C@H]2[C@@H]1CC[C@H](C)[C@]21C=C(CO)CC1. The Labute approximate surface area is 108 Å². The van der Waals surface area contributed by atoms with E-state index >= 15 is 0 Å². The van der Waals surface area contributed by atoms with Crippen LogP contribution < -0.4 is 0 Å². The van der Waals surface area contributed by atoms with Gasteiger partial charge in [-0.25, -0.2) is 0 Å². The maximum atomic E-state index is 11.8. The van der Waals surface area contributed by atoms with Gasteiger partial charge in [-0.05, 0) is 37.2 Å². The van der Waals surface area contributed by atoms with Crippen molar-refractivity contribution in [2.24, 2.45) is 23.2 Å². The van der Waals surface area contributed by atoms with E-state index in [2.05, 4.69) is 13.0 Å². The van der Waals surface area contributed by atoms with Gasteiger partial charge in [-0.15, -0.1) is 0 Å². The molecular formula is C15H22O3. The molecule has 1 aliphatic heterocycles. The van der Waals surface area contributed by atoms with Crippen LogP contribution in [0.4, 0.5) is 0 Å². The molecule has 0 radical (unpaired) electrons. The van der Waals surface area contributed by atoms with Gasteiger partial charge in [0, 0.05) is 11.3 Å². The molecule has 0 bridgehead atoms. The molecule has 1 saturated carbocycles. The third-order valence-corrected chi connectivity index (χ3v) is 5.58. The maximum Gasteiger partial charge on any atom is 0.309 e. The van der Waals surface area contributed by atoms with Crippen LogP contribution in [-0.2, 0) is 9.53 Å². The van der Waals surface area contributed by atoms with Gasteiger partial charge in [0.15, 0.2) is 0 Å². The Kier molecular flexibility index (Phi) is 2.77. The number of aliphatic hydroxyl groups is 1. The average molecular weight is 250 g/mol. The molecule has 100 valence electrons. The van der Waals surface area contributed by atoms with E-state index in [4.69, 9.17) is 4.74 Å². The number of aliphatic hydroxyl groups excluding tert-OH is 1. The lowest BCUT2D eigenvalue weighted by Gasteiger charge is -2.45. The quantitative estimate of drug-likeness (QED) is 0.574. The van der Waals surface area contributed by atoms with E-state index in [0.29, 0.717) is 11.8 Å². The highest BCUT2D eigenvalue weighted by atomic mass is 16.6. The molecule has 5 atom stereocenters. The summed E-state index contributed by atoms with van der Waals surface area (Å²) < 4.78 is 5.71. The van der Waals surface area contributed by atoms with E-state index < -0.39 is 0 Å². The Bertz CT molecular complexity index is 401. The first kappa shape index (κ1) is 12.2. The standard InChI is InChI=1S/C15H22O3/c1-9-3-4-12-10(2)14(17)18-13(12)15(9)6-5-11(7-15)8-16/h7,9-10,12-13,16H,3-6,8H2,1-2H3/t9-,10-,12+,13-,15-/m0/s1. The third kappa shape index (κ3) is 1.49. The van der Waals surface area contributed by atoms with Crippen molar-refractivity contribution in [3.63, 3.8) is 0 Å². The topological polar surface area (TPSA) is 46.5 Å². The Morgan fingerprint density at radius 1 is 1.44 bits per heavy atom. The van der Waals surface area contributed by atoms with E-state index in [9.17, 15) is 9.90 Å². The van der Waals surface area contributed by atoms with Crippen molar-refractivity contribution in [2.45, 2.75) is 45.6 Å². The Morgan fingerprint density at radius 2 is 2.22 bits per heavy atom. The summed E-state index contributed by atoms with van der Waals surface area (Å²) in [5.74, 6) is 0.944. The van der Waals surface area contributed by atoms with Gasteiger partial charge in [-0.1, -0.05) is 19.9 Å². The molecule has 3 rings (SSSR count).